The monoisotopic (exact) mass is 448 g/mol. The van der Waals surface area contributed by atoms with Crippen molar-refractivity contribution in [3.8, 4) is 22.3 Å². The number of rotatable bonds is 6. The largest absolute Gasteiger partial charge is 0.207 e. The van der Waals surface area contributed by atoms with Crippen molar-refractivity contribution in [3.05, 3.63) is 95.3 Å². The van der Waals surface area contributed by atoms with E-state index in [2.05, 4.69) is 6.92 Å². The molecule has 0 N–H and O–H groups in total. The number of hydrogen-bond donors (Lipinski definition) is 0. The fourth-order valence-electron chi connectivity index (χ4n) is 4.80. The maximum absolute atomic E-state index is 14.9. The van der Waals surface area contributed by atoms with Gasteiger partial charge in [0, 0.05) is 5.56 Å². The maximum Gasteiger partial charge on any atom is 0.166 e. The summed E-state index contributed by atoms with van der Waals surface area (Å²) in [4.78, 5) is 0. The maximum atomic E-state index is 14.9. The summed E-state index contributed by atoms with van der Waals surface area (Å²) in [5.41, 5.74) is 3.63. The van der Waals surface area contributed by atoms with Crippen molar-refractivity contribution in [1.82, 2.24) is 0 Å². The Kier molecular flexibility index (Phi) is 7.37. The van der Waals surface area contributed by atoms with Gasteiger partial charge in [-0.2, -0.15) is 0 Å². The molecule has 3 aromatic carbocycles. The molecule has 3 heteroatoms. The highest BCUT2D eigenvalue weighted by Gasteiger charge is 2.22. The van der Waals surface area contributed by atoms with Crippen LogP contribution in [-0.4, -0.2) is 0 Å². The Morgan fingerprint density at radius 2 is 1.42 bits per heavy atom. The van der Waals surface area contributed by atoms with Gasteiger partial charge in [0.15, 0.2) is 11.6 Å². The molecule has 0 nitrogen and oxygen atoms in total. The highest BCUT2D eigenvalue weighted by molar-refractivity contribution is 5.71. The Morgan fingerprint density at radius 3 is 2.09 bits per heavy atom. The first-order chi connectivity index (χ1) is 16.0. The molecule has 1 saturated carbocycles. The average molecular weight is 449 g/mol. The zero-order valence-corrected chi connectivity index (χ0v) is 19.4. The number of hydrogen-bond acceptors (Lipinski definition) is 0. The summed E-state index contributed by atoms with van der Waals surface area (Å²) in [6, 6.07) is 15.9. The third-order valence-corrected chi connectivity index (χ3v) is 6.89. The standard InChI is InChI=1S/C30H31F3/c1-3-4-5-6-24-15-18-27(30(33)29(24)32)23-13-11-21(12-14-23)25-16-17-26(28(31)19-25)22-9-7-20(2)8-10-22/h4-5,11-20,22H,3,6-10H2,1-2H3/b5-4-. The van der Waals surface area contributed by atoms with Gasteiger partial charge < -0.3 is 0 Å². The van der Waals surface area contributed by atoms with Crippen LogP contribution in [0.1, 0.15) is 63.0 Å². The van der Waals surface area contributed by atoms with E-state index in [4.69, 9.17) is 0 Å². The van der Waals surface area contributed by atoms with E-state index in [1.54, 1.807) is 30.3 Å². The molecule has 0 bridgehead atoms. The Morgan fingerprint density at radius 1 is 0.758 bits per heavy atom. The van der Waals surface area contributed by atoms with E-state index < -0.39 is 11.6 Å². The quantitative estimate of drug-likeness (QED) is 0.330. The lowest BCUT2D eigenvalue weighted by atomic mass is 9.79. The summed E-state index contributed by atoms with van der Waals surface area (Å²) in [5.74, 6) is -0.753. The highest BCUT2D eigenvalue weighted by atomic mass is 19.2. The van der Waals surface area contributed by atoms with Crippen LogP contribution in [0.3, 0.4) is 0 Å². The second kappa shape index (κ2) is 10.4. The molecule has 0 unspecified atom stereocenters. The molecule has 0 amide bonds. The third kappa shape index (κ3) is 5.24. The Balaban J connectivity index is 1.53. The second-order valence-electron chi connectivity index (χ2n) is 9.25. The van der Waals surface area contributed by atoms with E-state index in [9.17, 15) is 13.2 Å². The van der Waals surface area contributed by atoms with Crippen LogP contribution in [0.5, 0.6) is 0 Å². The predicted molar refractivity (Wildman–Crippen MR) is 131 cm³/mol. The molecule has 0 atom stereocenters. The molecule has 0 heterocycles. The molecule has 1 aliphatic rings. The molecule has 33 heavy (non-hydrogen) atoms. The molecule has 1 aliphatic carbocycles. The van der Waals surface area contributed by atoms with Crippen molar-refractivity contribution < 1.29 is 13.2 Å². The van der Waals surface area contributed by atoms with E-state index >= 15 is 0 Å². The van der Waals surface area contributed by atoms with Gasteiger partial charge in [-0.1, -0.05) is 87.4 Å². The first-order valence-electron chi connectivity index (χ1n) is 12.0. The molecule has 3 aromatic rings. The molecule has 0 saturated heterocycles. The SMILES string of the molecule is CC/C=C\Cc1ccc(-c2ccc(-c3ccc(C4CCC(C)CC4)c(F)c3)cc2)c(F)c1F. The normalized spacial score (nSPS) is 18.7. The molecule has 0 radical (unpaired) electrons. The van der Waals surface area contributed by atoms with Crippen molar-refractivity contribution >= 4 is 0 Å². The van der Waals surface area contributed by atoms with E-state index in [-0.39, 0.29) is 11.4 Å². The summed E-state index contributed by atoms with van der Waals surface area (Å²) < 4.78 is 44.2. The molecule has 0 aliphatic heterocycles. The molecule has 1 fully saturated rings. The molecule has 4 rings (SSSR count). The van der Waals surface area contributed by atoms with Crippen LogP contribution < -0.4 is 0 Å². The fourth-order valence-corrected chi connectivity index (χ4v) is 4.80. The van der Waals surface area contributed by atoms with Crippen molar-refractivity contribution in [2.24, 2.45) is 5.92 Å². The van der Waals surface area contributed by atoms with Crippen LogP contribution in [0, 0.1) is 23.4 Å². The van der Waals surface area contributed by atoms with Crippen molar-refractivity contribution in [1.29, 1.82) is 0 Å². The lowest BCUT2D eigenvalue weighted by Gasteiger charge is -2.26. The van der Waals surface area contributed by atoms with Crippen molar-refractivity contribution in [2.45, 2.75) is 58.3 Å². The van der Waals surface area contributed by atoms with Gasteiger partial charge >= 0.3 is 0 Å². The summed E-state index contributed by atoms with van der Waals surface area (Å²) in [6.07, 6.45) is 9.42. The summed E-state index contributed by atoms with van der Waals surface area (Å²) in [5, 5.41) is 0. The van der Waals surface area contributed by atoms with E-state index in [1.807, 2.05) is 43.3 Å². The zero-order valence-electron chi connectivity index (χ0n) is 19.4. The first-order valence-corrected chi connectivity index (χ1v) is 12.0. The zero-order chi connectivity index (χ0) is 23.4. The van der Waals surface area contributed by atoms with Gasteiger partial charge in [-0.15, -0.1) is 0 Å². The molecular formula is C30H31F3. The van der Waals surface area contributed by atoms with E-state index in [0.29, 0.717) is 23.5 Å². The molecule has 0 spiro atoms. The van der Waals surface area contributed by atoms with Crippen molar-refractivity contribution in [2.75, 3.05) is 0 Å². The van der Waals surface area contributed by atoms with Crippen LogP contribution in [0.15, 0.2) is 66.7 Å². The minimum atomic E-state index is -0.831. The minimum Gasteiger partial charge on any atom is -0.207 e. The van der Waals surface area contributed by atoms with Gasteiger partial charge in [0.2, 0.25) is 0 Å². The predicted octanol–water partition coefficient (Wildman–Crippen LogP) is 9.24. The fraction of sp³-hybridized carbons (Fsp3) is 0.333. The lowest BCUT2D eigenvalue weighted by Crippen LogP contribution is -2.12. The van der Waals surface area contributed by atoms with Crippen LogP contribution in [-0.2, 0) is 6.42 Å². The second-order valence-corrected chi connectivity index (χ2v) is 9.25. The topological polar surface area (TPSA) is 0 Å². The van der Waals surface area contributed by atoms with E-state index in [0.717, 1.165) is 54.7 Å². The van der Waals surface area contributed by atoms with Gasteiger partial charge in [0.25, 0.3) is 0 Å². The van der Waals surface area contributed by atoms with Gasteiger partial charge in [-0.05, 0) is 71.4 Å². The summed E-state index contributed by atoms with van der Waals surface area (Å²) in [7, 11) is 0. The highest BCUT2D eigenvalue weighted by Crippen LogP contribution is 2.38. The molecule has 172 valence electrons. The van der Waals surface area contributed by atoms with Crippen LogP contribution in [0.25, 0.3) is 22.3 Å². The summed E-state index contributed by atoms with van der Waals surface area (Å²) >= 11 is 0. The average Bonchev–Trinajstić information content (AvgIpc) is 2.83. The summed E-state index contributed by atoms with van der Waals surface area (Å²) in [6.45, 7) is 4.26. The molecule has 0 aromatic heterocycles. The molecular weight excluding hydrogens is 417 g/mol. The van der Waals surface area contributed by atoms with E-state index in [1.165, 1.54) is 0 Å². The van der Waals surface area contributed by atoms with Crippen LogP contribution in [0.4, 0.5) is 13.2 Å². The van der Waals surface area contributed by atoms with Gasteiger partial charge in [-0.3, -0.25) is 0 Å². The Hall–Kier alpha value is -2.81. The smallest absolute Gasteiger partial charge is 0.166 e. The van der Waals surface area contributed by atoms with Gasteiger partial charge in [-0.25, -0.2) is 13.2 Å². The Labute approximate surface area is 195 Å². The van der Waals surface area contributed by atoms with Gasteiger partial charge in [0.05, 0.1) is 0 Å². The van der Waals surface area contributed by atoms with Crippen LogP contribution >= 0.6 is 0 Å². The Bertz CT molecular complexity index is 1120. The lowest BCUT2D eigenvalue weighted by molar-refractivity contribution is 0.342. The van der Waals surface area contributed by atoms with Crippen molar-refractivity contribution in [3.63, 3.8) is 0 Å². The number of halogens is 3. The number of allylic oxidation sites excluding steroid dienone is 2. The minimum absolute atomic E-state index is 0.156. The third-order valence-electron chi connectivity index (χ3n) is 6.89. The first kappa shape index (κ1) is 23.4. The number of benzene rings is 3. The van der Waals surface area contributed by atoms with Gasteiger partial charge in [0.1, 0.15) is 5.82 Å². The van der Waals surface area contributed by atoms with Crippen LogP contribution in [0.2, 0.25) is 0 Å².